The fourth-order valence-electron chi connectivity index (χ4n) is 3.87. The average molecular weight is 474 g/mol. The zero-order valence-corrected chi connectivity index (χ0v) is 19.7. The number of nitrogens with zero attached hydrogens (tertiary/aromatic N) is 2. The van der Waals surface area contributed by atoms with Gasteiger partial charge in [0.15, 0.2) is 5.11 Å². The summed E-state index contributed by atoms with van der Waals surface area (Å²) in [5.74, 6) is -0.292. The molecule has 3 heterocycles. The van der Waals surface area contributed by atoms with Crippen molar-refractivity contribution in [3.8, 4) is 10.4 Å². The zero-order chi connectivity index (χ0) is 22.5. The second-order valence-electron chi connectivity index (χ2n) is 7.68. The number of thiocarbonyl (C=S) groups is 1. The van der Waals surface area contributed by atoms with Crippen molar-refractivity contribution >= 4 is 45.5 Å². The Morgan fingerprint density at radius 2 is 1.91 bits per heavy atom. The van der Waals surface area contributed by atoms with Gasteiger partial charge in [0.1, 0.15) is 11.1 Å². The first-order valence-corrected chi connectivity index (χ1v) is 12.1. The fourth-order valence-corrected chi connectivity index (χ4v) is 5.27. The lowest BCUT2D eigenvalue weighted by molar-refractivity contribution is -0.142. The maximum absolute atomic E-state index is 12.6. The molecule has 0 bridgehead atoms. The summed E-state index contributed by atoms with van der Waals surface area (Å²) < 4.78 is 10.8. The Hall–Kier alpha value is -2.49. The van der Waals surface area contributed by atoms with E-state index in [1.54, 1.807) is 6.92 Å². The molecule has 2 aliphatic heterocycles. The highest BCUT2D eigenvalue weighted by molar-refractivity contribution is 7.80. The number of thiophene rings is 1. The topological polar surface area (TPSA) is 71.1 Å². The summed E-state index contributed by atoms with van der Waals surface area (Å²) in [7, 11) is 0. The van der Waals surface area contributed by atoms with Crippen LogP contribution in [0.25, 0.3) is 10.4 Å². The van der Waals surface area contributed by atoms with Gasteiger partial charge in [-0.05, 0) is 43.6 Å². The molecule has 7 nitrogen and oxygen atoms in total. The third-order valence-electron chi connectivity index (χ3n) is 5.59. The van der Waals surface area contributed by atoms with E-state index in [0.717, 1.165) is 23.3 Å². The molecule has 170 valence electrons. The quantitative estimate of drug-likeness (QED) is 0.525. The molecule has 2 aromatic rings. The van der Waals surface area contributed by atoms with Crippen LogP contribution in [-0.2, 0) is 14.3 Å². The molecule has 9 heteroatoms. The Morgan fingerprint density at radius 1 is 1.19 bits per heavy atom. The molecule has 0 aliphatic carbocycles. The third kappa shape index (κ3) is 5.11. The van der Waals surface area contributed by atoms with Crippen LogP contribution in [0.1, 0.15) is 30.1 Å². The monoisotopic (exact) mass is 473 g/mol. The number of carbonyl (C=O) groups excluding carboxylic acids is 2. The lowest BCUT2D eigenvalue weighted by Gasteiger charge is -2.37. The molecule has 2 fully saturated rings. The van der Waals surface area contributed by atoms with Crippen molar-refractivity contribution in [2.45, 2.75) is 25.9 Å². The van der Waals surface area contributed by atoms with Crippen LogP contribution in [-0.4, -0.2) is 72.3 Å². The molecule has 1 amide bonds. The van der Waals surface area contributed by atoms with Gasteiger partial charge in [-0.1, -0.05) is 30.3 Å². The summed E-state index contributed by atoms with van der Waals surface area (Å²) in [6.07, 6.45) is 1.46. The smallest absolute Gasteiger partial charge is 0.341 e. The SMILES string of the molecule is CCOC(=O)c1cc(-c2ccccc2)sc1NC(=S)N1CCN(C(=O)[C@@H]2CCCO2)CC1. The number of hydrogen-bond donors (Lipinski definition) is 1. The molecule has 1 aromatic carbocycles. The van der Waals surface area contributed by atoms with E-state index in [0.29, 0.717) is 55.1 Å². The van der Waals surface area contributed by atoms with E-state index in [1.165, 1.54) is 11.3 Å². The second kappa shape index (κ2) is 10.4. The molecule has 32 heavy (non-hydrogen) atoms. The van der Waals surface area contributed by atoms with Gasteiger partial charge in [0, 0.05) is 37.7 Å². The van der Waals surface area contributed by atoms with Gasteiger partial charge in [0.25, 0.3) is 5.91 Å². The van der Waals surface area contributed by atoms with E-state index in [1.807, 2.05) is 46.2 Å². The lowest BCUT2D eigenvalue weighted by Crippen LogP contribution is -2.53. The number of piperazine rings is 1. The first kappa shape index (κ1) is 22.7. The molecule has 0 spiro atoms. The number of esters is 1. The Balaban J connectivity index is 1.42. The van der Waals surface area contributed by atoms with Gasteiger partial charge in [0.2, 0.25) is 0 Å². The van der Waals surface area contributed by atoms with E-state index in [9.17, 15) is 9.59 Å². The Labute approximate surface area is 197 Å². The zero-order valence-electron chi connectivity index (χ0n) is 18.0. The third-order valence-corrected chi connectivity index (χ3v) is 7.05. The van der Waals surface area contributed by atoms with Gasteiger partial charge >= 0.3 is 5.97 Å². The predicted molar refractivity (Wildman–Crippen MR) is 129 cm³/mol. The van der Waals surface area contributed by atoms with Gasteiger partial charge in [-0.15, -0.1) is 11.3 Å². The number of anilines is 1. The van der Waals surface area contributed by atoms with Crippen molar-refractivity contribution in [1.29, 1.82) is 0 Å². The van der Waals surface area contributed by atoms with Gasteiger partial charge in [0.05, 0.1) is 12.2 Å². The van der Waals surface area contributed by atoms with Gasteiger partial charge < -0.3 is 24.6 Å². The molecule has 0 radical (unpaired) electrons. The van der Waals surface area contributed by atoms with E-state index in [-0.39, 0.29) is 18.0 Å². The van der Waals surface area contributed by atoms with E-state index >= 15 is 0 Å². The van der Waals surface area contributed by atoms with Crippen molar-refractivity contribution < 1.29 is 19.1 Å². The average Bonchev–Trinajstić information content (AvgIpc) is 3.50. The Bertz CT molecular complexity index is 965. The van der Waals surface area contributed by atoms with Crippen LogP contribution in [0.15, 0.2) is 36.4 Å². The summed E-state index contributed by atoms with van der Waals surface area (Å²) in [5.41, 5.74) is 1.51. The number of carbonyl (C=O) groups is 2. The minimum absolute atomic E-state index is 0.0800. The first-order chi connectivity index (χ1) is 15.6. The molecule has 1 aromatic heterocycles. The number of rotatable bonds is 5. The van der Waals surface area contributed by atoms with Crippen LogP contribution >= 0.6 is 23.6 Å². The van der Waals surface area contributed by atoms with E-state index in [4.69, 9.17) is 21.7 Å². The second-order valence-corrected chi connectivity index (χ2v) is 9.12. The Morgan fingerprint density at radius 3 is 2.56 bits per heavy atom. The van der Waals surface area contributed by atoms with Crippen LogP contribution in [0.2, 0.25) is 0 Å². The minimum atomic E-state index is -0.372. The highest BCUT2D eigenvalue weighted by Crippen LogP contribution is 2.36. The van der Waals surface area contributed by atoms with Crippen LogP contribution in [0.4, 0.5) is 5.00 Å². The highest BCUT2D eigenvalue weighted by atomic mass is 32.1. The van der Waals surface area contributed by atoms with Crippen LogP contribution in [0, 0.1) is 0 Å². The molecule has 1 N–H and O–H groups in total. The molecule has 0 saturated carbocycles. The number of nitrogens with one attached hydrogen (secondary N) is 1. The predicted octanol–water partition coefficient (Wildman–Crippen LogP) is 3.61. The summed E-state index contributed by atoms with van der Waals surface area (Å²) in [6.45, 7) is 5.23. The largest absolute Gasteiger partial charge is 0.462 e. The summed E-state index contributed by atoms with van der Waals surface area (Å²) in [6, 6.07) is 11.8. The van der Waals surface area contributed by atoms with Gasteiger partial charge in [-0.3, -0.25) is 4.79 Å². The minimum Gasteiger partial charge on any atom is -0.462 e. The number of ether oxygens (including phenoxy) is 2. The van der Waals surface area contributed by atoms with Crippen LogP contribution in [0.5, 0.6) is 0 Å². The van der Waals surface area contributed by atoms with E-state index in [2.05, 4.69) is 5.32 Å². The first-order valence-electron chi connectivity index (χ1n) is 10.9. The lowest BCUT2D eigenvalue weighted by atomic mass is 10.1. The summed E-state index contributed by atoms with van der Waals surface area (Å²) in [5, 5.41) is 4.47. The normalized spacial score (nSPS) is 18.5. The van der Waals surface area contributed by atoms with Crippen LogP contribution in [0.3, 0.4) is 0 Å². The van der Waals surface area contributed by atoms with Gasteiger partial charge in [-0.25, -0.2) is 4.79 Å². The summed E-state index contributed by atoms with van der Waals surface area (Å²) >= 11 is 7.12. The number of benzene rings is 1. The van der Waals surface area contributed by atoms with Crippen molar-refractivity contribution in [3.63, 3.8) is 0 Å². The van der Waals surface area contributed by atoms with Crippen molar-refractivity contribution in [3.05, 3.63) is 42.0 Å². The molecular weight excluding hydrogens is 446 g/mol. The maximum Gasteiger partial charge on any atom is 0.341 e. The molecule has 2 saturated heterocycles. The van der Waals surface area contributed by atoms with Crippen molar-refractivity contribution in [2.24, 2.45) is 0 Å². The van der Waals surface area contributed by atoms with Crippen LogP contribution < -0.4 is 5.32 Å². The molecule has 0 unspecified atom stereocenters. The van der Waals surface area contributed by atoms with Crippen molar-refractivity contribution in [2.75, 3.05) is 44.7 Å². The fraction of sp³-hybridized carbons (Fsp3) is 0.435. The molecule has 4 rings (SSSR count). The standard InChI is InChI=1S/C23H27N3O4S2/c1-2-29-22(28)17-15-19(16-7-4-3-5-8-16)32-20(17)24-23(31)26-12-10-25(11-13-26)21(27)18-9-6-14-30-18/h3-5,7-8,15,18H,2,6,9-14H2,1H3,(H,24,31)/t18-/m0/s1. The maximum atomic E-state index is 12.6. The highest BCUT2D eigenvalue weighted by Gasteiger charge is 2.31. The van der Waals surface area contributed by atoms with Gasteiger partial charge in [-0.2, -0.15) is 0 Å². The Kier molecular flexibility index (Phi) is 7.39. The molecule has 1 atom stereocenters. The molecule has 2 aliphatic rings. The number of hydrogen-bond acceptors (Lipinski definition) is 6. The van der Waals surface area contributed by atoms with Crippen molar-refractivity contribution in [1.82, 2.24) is 9.80 Å². The summed E-state index contributed by atoms with van der Waals surface area (Å²) in [4.78, 5) is 30.0. The number of amides is 1. The van der Waals surface area contributed by atoms with E-state index < -0.39 is 0 Å². The molecular formula is C23H27N3O4S2.